The van der Waals surface area contributed by atoms with Gasteiger partial charge in [-0.25, -0.2) is 0 Å². The lowest BCUT2D eigenvalue weighted by molar-refractivity contribution is 0.171. The van der Waals surface area contributed by atoms with Gasteiger partial charge in [-0.05, 0) is 34.9 Å². The molecule has 1 aliphatic rings. The molecule has 3 rings (SSSR count). The van der Waals surface area contributed by atoms with Crippen molar-refractivity contribution in [3.05, 3.63) is 34.7 Å². The van der Waals surface area contributed by atoms with E-state index in [9.17, 15) is 0 Å². The number of rotatable bonds is 2. The van der Waals surface area contributed by atoms with E-state index in [-0.39, 0.29) is 0 Å². The molecule has 0 saturated carbocycles. The minimum atomic E-state index is 0.377. The van der Waals surface area contributed by atoms with E-state index in [2.05, 4.69) is 20.2 Å². The average molecular weight is 243 g/mol. The number of aromatic amines is 1. The van der Waals surface area contributed by atoms with Crippen molar-refractivity contribution in [1.29, 1.82) is 0 Å². The zero-order valence-corrected chi connectivity index (χ0v) is 9.33. The Kier molecular flexibility index (Phi) is 2.51. The molecule has 0 radical (unpaired) electrons. The summed E-state index contributed by atoms with van der Waals surface area (Å²) in [6.45, 7) is 1.11. The Morgan fingerprint density at radius 2 is 2.06 bits per heavy atom. The summed E-state index contributed by atoms with van der Waals surface area (Å²) in [7, 11) is 0. The summed E-state index contributed by atoms with van der Waals surface area (Å²) in [5, 5.41) is 10.2. The minimum Gasteiger partial charge on any atom is -0.486 e. The molecule has 90 valence electrons. The number of H-pyrrole nitrogens is 1. The number of aromatic nitrogens is 2. The van der Waals surface area contributed by atoms with Crippen molar-refractivity contribution in [1.82, 2.24) is 10.2 Å². The molecular weight excluding hydrogens is 234 g/mol. The Balaban J connectivity index is 1.98. The van der Waals surface area contributed by atoms with Crippen LogP contribution in [0.4, 0.5) is 5.82 Å². The van der Waals surface area contributed by atoms with Gasteiger partial charge in [0.05, 0.1) is 5.69 Å². The summed E-state index contributed by atoms with van der Waals surface area (Å²) in [5.74, 6) is 1.81. The molecule has 1 aliphatic heterocycles. The van der Waals surface area contributed by atoms with Gasteiger partial charge >= 0.3 is 0 Å². The van der Waals surface area contributed by atoms with Crippen molar-refractivity contribution >= 4 is 5.82 Å². The highest BCUT2D eigenvalue weighted by Gasteiger charge is 2.13. The molecule has 1 aromatic carbocycles. The SMILES string of the molecule is [N-]=[N+]=Nc1cc(-c2ccc3c(c2)OCCO3)n[nH]1. The Morgan fingerprint density at radius 1 is 1.22 bits per heavy atom. The van der Waals surface area contributed by atoms with Gasteiger partial charge in [0.1, 0.15) is 19.0 Å². The number of hydrogen-bond donors (Lipinski definition) is 1. The van der Waals surface area contributed by atoms with Gasteiger partial charge in [0.15, 0.2) is 11.5 Å². The molecule has 0 spiro atoms. The normalized spacial score (nSPS) is 12.9. The van der Waals surface area contributed by atoms with Gasteiger partial charge in [0.2, 0.25) is 0 Å². The maximum absolute atomic E-state index is 8.33. The lowest BCUT2D eigenvalue weighted by atomic mass is 10.1. The van der Waals surface area contributed by atoms with E-state index in [4.69, 9.17) is 15.0 Å². The number of benzene rings is 1. The second-order valence-corrected chi connectivity index (χ2v) is 3.69. The van der Waals surface area contributed by atoms with E-state index in [1.54, 1.807) is 6.07 Å². The number of nitrogens with zero attached hydrogens (tertiary/aromatic N) is 4. The number of nitrogens with one attached hydrogen (secondary N) is 1. The molecule has 1 N–H and O–H groups in total. The second kappa shape index (κ2) is 4.31. The lowest BCUT2D eigenvalue weighted by Crippen LogP contribution is -2.15. The van der Waals surface area contributed by atoms with Gasteiger partial charge < -0.3 is 9.47 Å². The fourth-order valence-electron chi connectivity index (χ4n) is 1.76. The third kappa shape index (κ3) is 1.83. The first-order chi connectivity index (χ1) is 8.86. The quantitative estimate of drug-likeness (QED) is 0.499. The van der Waals surface area contributed by atoms with Crippen LogP contribution >= 0.6 is 0 Å². The minimum absolute atomic E-state index is 0.377. The first kappa shape index (κ1) is 10.5. The van der Waals surface area contributed by atoms with Crippen LogP contribution in [0.1, 0.15) is 0 Å². The van der Waals surface area contributed by atoms with E-state index in [0.717, 1.165) is 11.3 Å². The standard InChI is InChI=1S/C11H9N5O2/c12-16-15-11-6-8(13-14-11)7-1-2-9-10(5-7)18-4-3-17-9/h1-2,5-6H,3-4H2,(H,13,14). The topological polar surface area (TPSA) is 95.9 Å². The smallest absolute Gasteiger partial charge is 0.162 e. The molecule has 0 aliphatic carbocycles. The molecule has 0 atom stereocenters. The van der Waals surface area contributed by atoms with Crippen LogP contribution in [0.25, 0.3) is 21.7 Å². The molecule has 2 heterocycles. The highest BCUT2D eigenvalue weighted by molar-refractivity contribution is 5.65. The Bertz CT molecular complexity index is 630. The summed E-state index contributed by atoms with van der Waals surface area (Å²) in [5.41, 5.74) is 9.89. The average Bonchev–Trinajstić information content (AvgIpc) is 2.87. The van der Waals surface area contributed by atoms with Gasteiger partial charge in [-0.1, -0.05) is 0 Å². The zero-order valence-electron chi connectivity index (χ0n) is 9.33. The van der Waals surface area contributed by atoms with Crippen molar-refractivity contribution < 1.29 is 9.47 Å². The number of ether oxygens (including phenoxy) is 2. The Hall–Kier alpha value is -2.66. The van der Waals surface area contributed by atoms with E-state index in [0.29, 0.717) is 30.5 Å². The molecule has 0 fully saturated rings. The number of fused-ring (bicyclic) bond motifs is 1. The van der Waals surface area contributed by atoms with Crippen molar-refractivity contribution in [2.24, 2.45) is 5.11 Å². The highest BCUT2D eigenvalue weighted by atomic mass is 16.6. The Morgan fingerprint density at radius 3 is 2.89 bits per heavy atom. The summed E-state index contributed by atoms with van der Waals surface area (Å²) >= 11 is 0. The molecule has 0 amide bonds. The monoisotopic (exact) mass is 243 g/mol. The molecule has 0 bridgehead atoms. The first-order valence-electron chi connectivity index (χ1n) is 5.37. The van der Waals surface area contributed by atoms with Crippen molar-refractivity contribution in [3.63, 3.8) is 0 Å². The molecule has 1 aromatic heterocycles. The summed E-state index contributed by atoms with van der Waals surface area (Å²) in [4.78, 5) is 2.69. The maximum atomic E-state index is 8.33. The van der Waals surface area contributed by atoms with Gasteiger partial charge in [0, 0.05) is 10.5 Å². The van der Waals surface area contributed by atoms with Crippen LogP contribution in [-0.2, 0) is 0 Å². The predicted octanol–water partition coefficient (Wildman–Crippen LogP) is 2.79. The first-order valence-corrected chi connectivity index (χ1v) is 5.37. The van der Waals surface area contributed by atoms with E-state index >= 15 is 0 Å². The zero-order chi connectivity index (χ0) is 12.4. The second-order valence-electron chi connectivity index (χ2n) is 3.69. The van der Waals surface area contributed by atoms with Gasteiger partial charge in [-0.15, -0.1) is 0 Å². The molecule has 7 heteroatoms. The molecular formula is C11H9N5O2. The van der Waals surface area contributed by atoms with E-state index in [1.165, 1.54) is 0 Å². The van der Waals surface area contributed by atoms with Crippen LogP contribution in [-0.4, -0.2) is 23.4 Å². The number of hydrogen-bond acceptors (Lipinski definition) is 4. The predicted molar refractivity (Wildman–Crippen MR) is 63.8 cm³/mol. The van der Waals surface area contributed by atoms with Crippen LogP contribution in [0.15, 0.2) is 29.4 Å². The van der Waals surface area contributed by atoms with Crippen LogP contribution in [0.2, 0.25) is 0 Å². The maximum Gasteiger partial charge on any atom is 0.162 e. The van der Waals surface area contributed by atoms with Gasteiger partial charge in [0.25, 0.3) is 0 Å². The fourth-order valence-corrected chi connectivity index (χ4v) is 1.76. The molecule has 18 heavy (non-hydrogen) atoms. The molecule has 2 aromatic rings. The molecule has 0 saturated heterocycles. The lowest BCUT2D eigenvalue weighted by Gasteiger charge is -2.18. The van der Waals surface area contributed by atoms with E-state index in [1.807, 2.05) is 18.2 Å². The van der Waals surface area contributed by atoms with Gasteiger partial charge in [-0.3, -0.25) is 5.10 Å². The van der Waals surface area contributed by atoms with Crippen molar-refractivity contribution in [3.8, 4) is 22.8 Å². The van der Waals surface area contributed by atoms with Crippen molar-refractivity contribution in [2.75, 3.05) is 13.2 Å². The summed E-state index contributed by atoms with van der Waals surface area (Å²) < 4.78 is 10.9. The van der Waals surface area contributed by atoms with Crippen LogP contribution < -0.4 is 9.47 Å². The number of azide groups is 1. The van der Waals surface area contributed by atoms with Crippen LogP contribution in [0.3, 0.4) is 0 Å². The van der Waals surface area contributed by atoms with Crippen LogP contribution in [0, 0.1) is 0 Å². The van der Waals surface area contributed by atoms with Crippen molar-refractivity contribution in [2.45, 2.75) is 0 Å². The fraction of sp³-hybridized carbons (Fsp3) is 0.182. The molecule has 0 unspecified atom stereocenters. The highest BCUT2D eigenvalue weighted by Crippen LogP contribution is 2.34. The largest absolute Gasteiger partial charge is 0.486 e. The van der Waals surface area contributed by atoms with Crippen LogP contribution in [0.5, 0.6) is 11.5 Å². The van der Waals surface area contributed by atoms with E-state index < -0.39 is 0 Å². The summed E-state index contributed by atoms with van der Waals surface area (Å²) in [6.07, 6.45) is 0. The third-order valence-corrected chi connectivity index (χ3v) is 2.55. The van der Waals surface area contributed by atoms with Gasteiger partial charge in [-0.2, -0.15) is 5.10 Å². The summed E-state index contributed by atoms with van der Waals surface area (Å²) in [6, 6.07) is 7.24. The molecule has 7 nitrogen and oxygen atoms in total. The third-order valence-electron chi connectivity index (χ3n) is 2.55. The Labute approximate surface area is 102 Å².